The van der Waals surface area contributed by atoms with Crippen molar-refractivity contribution < 1.29 is 8.42 Å². The molecule has 0 bridgehead atoms. The molecule has 0 aliphatic rings. The second kappa shape index (κ2) is 6.13. The lowest BCUT2D eigenvalue weighted by Crippen LogP contribution is -2.30. The third-order valence-corrected chi connectivity index (χ3v) is 6.82. The molecule has 1 aromatic heterocycles. The van der Waals surface area contributed by atoms with E-state index in [0.717, 1.165) is 16.9 Å². The molecule has 0 saturated carbocycles. The Kier molecular flexibility index (Phi) is 4.65. The number of aryl methyl sites for hydroxylation is 1. The highest BCUT2D eigenvalue weighted by Crippen LogP contribution is 2.28. The van der Waals surface area contributed by atoms with Crippen molar-refractivity contribution in [1.29, 1.82) is 0 Å². The average molecular weight is 340 g/mol. The van der Waals surface area contributed by atoms with E-state index in [2.05, 4.69) is 0 Å². The van der Waals surface area contributed by atoms with Crippen molar-refractivity contribution in [2.45, 2.75) is 18.1 Å². The lowest BCUT2D eigenvalue weighted by molar-refractivity contribution is 0.594. The number of hydrogen-bond acceptors (Lipinski definition) is 4. The lowest BCUT2D eigenvalue weighted by Gasteiger charge is -2.22. The van der Waals surface area contributed by atoms with E-state index >= 15 is 0 Å². The van der Waals surface area contributed by atoms with Gasteiger partial charge in [-0.25, -0.2) is 8.42 Å². The highest BCUT2D eigenvalue weighted by molar-refractivity contribution is 7.94. The molecule has 112 valence electrons. The Hall–Kier alpha value is -1.44. The first-order chi connectivity index (χ1) is 9.86. The molecular weight excluding hydrogens is 324 g/mol. The third-order valence-electron chi connectivity index (χ3n) is 2.98. The predicted octanol–water partition coefficient (Wildman–Crippen LogP) is 2.91. The number of thiocarbonyl (C=S) groups is 1. The summed E-state index contributed by atoms with van der Waals surface area (Å²) in [7, 11) is -3.59. The van der Waals surface area contributed by atoms with Gasteiger partial charge in [-0.1, -0.05) is 29.9 Å². The highest BCUT2D eigenvalue weighted by Gasteiger charge is 2.25. The molecule has 2 rings (SSSR count). The van der Waals surface area contributed by atoms with Gasteiger partial charge in [-0.05, 0) is 38.1 Å². The Morgan fingerprint density at radius 1 is 1.24 bits per heavy atom. The predicted molar refractivity (Wildman–Crippen MR) is 91.6 cm³/mol. The molecule has 1 aromatic carbocycles. The van der Waals surface area contributed by atoms with Gasteiger partial charge in [0.05, 0.1) is 10.6 Å². The van der Waals surface area contributed by atoms with Crippen LogP contribution in [-0.4, -0.2) is 20.0 Å². The van der Waals surface area contributed by atoms with Gasteiger partial charge in [-0.2, -0.15) is 0 Å². The first kappa shape index (κ1) is 15.9. The smallest absolute Gasteiger partial charge is 0.273 e. The van der Waals surface area contributed by atoms with Crippen molar-refractivity contribution in [2.24, 2.45) is 5.73 Å². The molecule has 2 aromatic rings. The van der Waals surface area contributed by atoms with Gasteiger partial charge < -0.3 is 5.73 Å². The first-order valence-electron chi connectivity index (χ1n) is 6.35. The van der Waals surface area contributed by atoms with Crippen molar-refractivity contribution in [1.82, 2.24) is 0 Å². The summed E-state index contributed by atoms with van der Waals surface area (Å²) in [6.45, 7) is 4.12. The van der Waals surface area contributed by atoms with E-state index in [4.69, 9.17) is 18.0 Å². The zero-order valence-electron chi connectivity index (χ0n) is 11.7. The Labute approximate surface area is 134 Å². The van der Waals surface area contributed by atoms with E-state index in [1.807, 2.05) is 19.1 Å². The van der Waals surface area contributed by atoms with Crippen molar-refractivity contribution in [3.05, 3.63) is 46.8 Å². The Morgan fingerprint density at radius 3 is 2.33 bits per heavy atom. The van der Waals surface area contributed by atoms with Gasteiger partial charge in [0.2, 0.25) is 0 Å². The summed E-state index contributed by atoms with van der Waals surface area (Å²) in [4.78, 5) is 0.809. The zero-order chi connectivity index (χ0) is 15.6. The summed E-state index contributed by atoms with van der Waals surface area (Å²) >= 11 is 5.97. The second-order valence-corrected chi connectivity index (χ2v) is 8.10. The van der Waals surface area contributed by atoms with Gasteiger partial charge in [-0.15, -0.1) is 11.3 Å². The van der Waals surface area contributed by atoms with Crippen molar-refractivity contribution in [3.63, 3.8) is 0 Å². The van der Waals surface area contributed by atoms with Crippen LogP contribution in [-0.2, 0) is 10.0 Å². The van der Waals surface area contributed by atoms with Crippen LogP contribution in [0.25, 0.3) is 0 Å². The number of nitrogens with zero attached hydrogens (tertiary/aromatic N) is 1. The van der Waals surface area contributed by atoms with Crippen molar-refractivity contribution in [3.8, 4) is 0 Å². The van der Waals surface area contributed by atoms with E-state index in [1.54, 1.807) is 31.2 Å². The molecule has 0 radical (unpaired) electrons. The summed E-state index contributed by atoms with van der Waals surface area (Å²) in [6.07, 6.45) is 0. The molecule has 0 unspecified atom stereocenters. The fourth-order valence-electron chi connectivity index (χ4n) is 1.90. The van der Waals surface area contributed by atoms with Crippen LogP contribution in [0, 0.1) is 6.92 Å². The second-order valence-electron chi connectivity index (χ2n) is 4.49. The molecule has 4 nitrogen and oxygen atoms in total. The standard InChI is InChI=1S/C14H16N2O2S3/c1-3-16(11-6-4-10(2)5-7-11)21(17,18)13-9-8-12(20-13)14(15)19/h4-9H,3H2,1-2H3,(H2,15,19). The number of rotatable bonds is 5. The van der Waals surface area contributed by atoms with Crippen LogP contribution in [0.1, 0.15) is 17.4 Å². The number of thiophene rings is 1. The number of sulfonamides is 1. The van der Waals surface area contributed by atoms with E-state index in [1.165, 1.54) is 4.31 Å². The molecule has 0 atom stereocenters. The van der Waals surface area contributed by atoms with E-state index < -0.39 is 10.0 Å². The topological polar surface area (TPSA) is 63.4 Å². The quantitative estimate of drug-likeness (QED) is 0.850. The molecule has 7 heteroatoms. The van der Waals surface area contributed by atoms with Gasteiger partial charge in [0.1, 0.15) is 9.20 Å². The number of anilines is 1. The van der Waals surface area contributed by atoms with Gasteiger partial charge >= 0.3 is 0 Å². The fourth-order valence-corrected chi connectivity index (χ4v) is 4.84. The molecule has 0 spiro atoms. The summed E-state index contributed by atoms with van der Waals surface area (Å²) in [5.41, 5.74) is 7.27. The number of benzene rings is 1. The normalized spacial score (nSPS) is 11.3. The molecule has 2 N–H and O–H groups in total. The maximum Gasteiger partial charge on any atom is 0.273 e. The van der Waals surface area contributed by atoms with Gasteiger partial charge in [0.25, 0.3) is 10.0 Å². The maximum atomic E-state index is 12.7. The van der Waals surface area contributed by atoms with Crippen LogP contribution in [0.5, 0.6) is 0 Å². The SMILES string of the molecule is CCN(c1ccc(C)cc1)S(=O)(=O)c1ccc(C(N)=S)s1. The van der Waals surface area contributed by atoms with Crippen LogP contribution >= 0.6 is 23.6 Å². The van der Waals surface area contributed by atoms with Gasteiger partial charge in [0.15, 0.2) is 0 Å². The van der Waals surface area contributed by atoms with Crippen LogP contribution in [0.4, 0.5) is 5.69 Å². The minimum absolute atomic E-state index is 0.208. The van der Waals surface area contributed by atoms with Crippen LogP contribution in [0.3, 0.4) is 0 Å². The molecule has 0 amide bonds. The molecule has 1 heterocycles. The van der Waals surface area contributed by atoms with Gasteiger partial charge in [0, 0.05) is 6.54 Å². The number of nitrogens with two attached hydrogens (primary N) is 1. The molecule has 0 saturated heterocycles. The van der Waals surface area contributed by atoms with Crippen LogP contribution in [0.2, 0.25) is 0 Å². The van der Waals surface area contributed by atoms with Gasteiger partial charge in [-0.3, -0.25) is 4.31 Å². The van der Waals surface area contributed by atoms with Crippen molar-refractivity contribution >= 4 is 44.3 Å². The summed E-state index contributed by atoms with van der Waals surface area (Å²) in [6, 6.07) is 10.6. The van der Waals surface area contributed by atoms with E-state index in [-0.39, 0.29) is 9.20 Å². The highest BCUT2D eigenvalue weighted by atomic mass is 32.2. The number of hydrogen-bond donors (Lipinski definition) is 1. The monoisotopic (exact) mass is 340 g/mol. The Bertz CT molecular complexity index is 749. The zero-order valence-corrected chi connectivity index (χ0v) is 14.2. The Morgan fingerprint density at radius 2 is 1.86 bits per heavy atom. The minimum Gasteiger partial charge on any atom is -0.389 e. The molecular formula is C14H16N2O2S3. The summed E-state index contributed by atoms with van der Waals surface area (Å²) in [5.74, 6) is 0. The molecule has 0 aliphatic heterocycles. The maximum absolute atomic E-state index is 12.7. The van der Waals surface area contributed by atoms with E-state index in [0.29, 0.717) is 17.1 Å². The fraction of sp³-hybridized carbons (Fsp3) is 0.214. The summed E-state index contributed by atoms with van der Waals surface area (Å²) < 4.78 is 27.1. The average Bonchev–Trinajstić information content (AvgIpc) is 2.92. The molecule has 0 aliphatic carbocycles. The van der Waals surface area contributed by atoms with Crippen LogP contribution < -0.4 is 10.0 Å². The largest absolute Gasteiger partial charge is 0.389 e. The van der Waals surface area contributed by atoms with E-state index in [9.17, 15) is 8.42 Å². The third kappa shape index (κ3) is 3.25. The summed E-state index contributed by atoms with van der Waals surface area (Å²) in [5, 5.41) is 0. The molecule has 21 heavy (non-hydrogen) atoms. The minimum atomic E-state index is -3.59. The Balaban J connectivity index is 2.43. The van der Waals surface area contributed by atoms with Crippen LogP contribution in [0.15, 0.2) is 40.6 Å². The first-order valence-corrected chi connectivity index (χ1v) is 9.01. The lowest BCUT2D eigenvalue weighted by atomic mass is 10.2. The van der Waals surface area contributed by atoms with Crippen molar-refractivity contribution in [2.75, 3.05) is 10.8 Å². The molecule has 0 fully saturated rings.